The van der Waals surface area contributed by atoms with Gasteiger partial charge in [0.1, 0.15) is 5.82 Å². The summed E-state index contributed by atoms with van der Waals surface area (Å²) in [7, 11) is 2.09. The highest BCUT2D eigenvalue weighted by molar-refractivity contribution is 5.33. The van der Waals surface area contributed by atoms with E-state index in [-0.39, 0.29) is 0 Å². The molecule has 0 N–H and O–H groups in total. The van der Waals surface area contributed by atoms with Crippen molar-refractivity contribution in [1.29, 1.82) is 0 Å². The molecule has 23 heavy (non-hydrogen) atoms. The smallest absolute Gasteiger partial charge is 0.227 e. The van der Waals surface area contributed by atoms with Crippen molar-refractivity contribution in [3.63, 3.8) is 0 Å². The van der Waals surface area contributed by atoms with Gasteiger partial charge in [0.2, 0.25) is 5.95 Å². The molecule has 0 bridgehead atoms. The minimum absolute atomic E-state index is 0.858. The van der Waals surface area contributed by atoms with E-state index < -0.39 is 0 Å². The average molecular weight is 315 g/mol. The van der Waals surface area contributed by atoms with Crippen LogP contribution in [0.1, 0.15) is 36.5 Å². The number of piperidine rings is 1. The van der Waals surface area contributed by atoms with E-state index in [2.05, 4.69) is 54.4 Å². The Hall–Kier alpha value is -1.89. The third kappa shape index (κ3) is 2.85. The van der Waals surface area contributed by atoms with Gasteiger partial charge in [-0.3, -0.25) is 14.1 Å². The van der Waals surface area contributed by atoms with Gasteiger partial charge in [0, 0.05) is 13.6 Å². The molecule has 2 aliphatic rings. The Morgan fingerprint density at radius 3 is 2.70 bits per heavy atom. The summed E-state index contributed by atoms with van der Waals surface area (Å²) in [5, 5.41) is 13.4. The van der Waals surface area contributed by atoms with Crippen molar-refractivity contribution in [3.05, 3.63) is 23.3 Å². The molecule has 124 valence electrons. The summed E-state index contributed by atoms with van der Waals surface area (Å²) in [6, 6.07) is 2.16. The van der Waals surface area contributed by atoms with Gasteiger partial charge in [-0.2, -0.15) is 5.10 Å². The molecule has 0 radical (unpaired) electrons. The zero-order chi connectivity index (χ0) is 15.8. The lowest BCUT2D eigenvalue weighted by atomic mass is 10.1. The minimum atomic E-state index is 0.858. The number of hydrogen-bond donors (Lipinski definition) is 0. The van der Waals surface area contributed by atoms with Gasteiger partial charge >= 0.3 is 0 Å². The highest BCUT2D eigenvalue weighted by Crippen LogP contribution is 2.21. The fourth-order valence-corrected chi connectivity index (χ4v) is 3.66. The van der Waals surface area contributed by atoms with E-state index in [0.717, 1.165) is 43.6 Å². The molecule has 0 saturated carbocycles. The fourth-order valence-electron chi connectivity index (χ4n) is 3.66. The molecule has 0 atom stereocenters. The van der Waals surface area contributed by atoms with Crippen LogP contribution in [0.4, 0.5) is 5.95 Å². The molecule has 1 fully saturated rings. The van der Waals surface area contributed by atoms with Gasteiger partial charge in [-0.15, -0.1) is 10.2 Å². The molecular weight excluding hydrogens is 290 g/mol. The largest absolute Gasteiger partial charge is 0.333 e. The van der Waals surface area contributed by atoms with Crippen LogP contribution in [0.3, 0.4) is 0 Å². The van der Waals surface area contributed by atoms with E-state index in [9.17, 15) is 0 Å². The van der Waals surface area contributed by atoms with Gasteiger partial charge in [0.25, 0.3) is 0 Å². The normalized spacial score (nSPS) is 19.1. The first-order valence-electron chi connectivity index (χ1n) is 8.59. The van der Waals surface area contributed by atoms with Crippen LogP contribution in [-0.4, -0.2) is 49.1 Å². The van der Waals surface area contributed by atoms with Gasteiger partial charge in [0.15, 0.2) is 0 Å². The third-order valence-electron chi connectivity index (χ3n) is 4.96. The first-order chi connectivity index (χ1) is 11.2. The van der Waals surface area contributed by atoms with E-state index in [1.807, 2.05) is 0 Å². The number of aromatic nitrogens is 5. The molecule has 1 saturated heterocycles. The van der Waals surface area contributed by atoms with Crippen molar-refractivity contribution in [3.8, 4) is 0 Å². The van der Waals surface area contributed by atoms with E-state index in [1.165, 1.54) is 38.0 Å². The first-order valence-corrected chi connectivity index (χ1v) is 8.59. The quantitative estimate of drug-likeness (QED) is 0.855. The number of nitrogens with zero attached hydrogens (tertiary/aromatic N) is 7. The molecule has 0 spiro atoms. The van der Waals surface area contributed by atoms with Crippen LogP contribution in [0.5, 0.6) is 0 Å². The summed E-state index contributed by atoms with van der Waals surface area (Å²) < 4.78 is 4.27. The number of likely N-dealkylation sites (tertiary alicyclic amines) is 1. The average Bonchev–Trinajstić information content (AvgIpc) is 3.10. The molecule has 0 aromatic carbocycles. The Morgan fingerprint density at radius 2 is 1.87 bits per heavy atom. The van der Waals surface area contributed by atoms with Crippen LogP contribution in [0.15, 0.2) is 6.07 Å². The topological polar surface area (TPSA) is 55.0 Å². The van der Waals surface area contributed by atoms with Gasteiger partial charge in [-0.25, -0.2) is 0 Å². The van der Waals surface area contributed by atoms with Crippen LogP contribution in [0, 0.1) is 6.92 Å². The highest BCUT2D eigenvalue weighted by atomic mass is 15.4. The van der Waals surface area contributed by atoms with E-state index >= 15 is 0 Å². The minimum Gasteiger partial charge on any atom is -0.333 e. The van der Waals surface area contributed by atoms with E-state index in [0.29, 0.717) is 0 Å². The van der Waals surface area contributed by atoms with Crippen molar-refractivity contribution in [2.45, 2.75) is 45.8 Å². The number of aryl methyl sites for hydroxylation is 1. The Morgan fingerprint density at radius 1 is 1.04 bits per heavy atom. The summed E-state index contributed by atoms with van der Waals surface area (Å²) in [4.78, 5) is 4.80. The number of anilines is 1. The molecule has 0 amide bonds. The van der Waals surface area contributed by atoms with Crippen LogP contribution in [0.25, 0.3) is 0 Å². The predicted molar refractivity (Wildman–Crippen MR) is 88.1 cm³/mol. The number of rotatable bonds is 3. The maximum absolute atomic E-state index is 4.52. The molecule has 0 unspecified atom stereocenters. The first kappa shape index (κ1) is 14.7. The number of hydrogen-bond acceptors (Lipinski definition) is 5. The predicted octanol–water partition coefficient (Wildman–Crippen LogP) is 1.33. The Bertz CT molecular complexity index is 681. The maximum atomic E-state index is 4.52. The van der Waals surface area contributed by atoms with E-state index in [4.69, 9.17) is 0 Å². The van der Waals surface area contributed by atoms with Gasteiger partial charge in [0.05, 0.1) is 31.0 Å². The molecular formula is C16H25N7. The highest BCUT2D eigenvalue weighted by Gasteiger charge is 2.23. The summed E-state index contributed by atoms with van der Waals surface area (Å²) in [6.07, 6.45) is 3.97. The van der Waals surface area contributed by atoms with Crippen molar-refractivity contribution in [2.75, 3.05) is 24.5 Å². The third-order valence-corrected chi connectivity index (χ3v) is 4.96. The second kappa shape index (κ2) is 5.96. The number of fused-ring (bicyclic) bond motifs is 1. The van der Waals surface area contributed by atoms with Crippen molar-refractivity contribution in [2.24, 2.45) is 7.05 Å². The molecule has 7 heteroatoms. The SMILES string of the molecule is Cc1cc2n(n1)CCN(c1nnc(CN3CCCCC3)n1C)C2. The van der Waals surface area contributed by atoms with Gasteiger partial charge < -0.3 is 4.90 Å². The summed E-state index contributed by atoms with van der Waals surface area (Å²) in [6.45, 7) is 8.04. The lowest BCUT2D eigenvalue weighted by molar-refractivity contribution is 0.214. The Labute approximate surface area is 136 Å². The summed E-state index contributed by atoms with van der Waals surface area (Å²) >= 11 is 0. The molecule has 2 aromatic heterocycles. The fraction of sp³-hybridized carbons (Fsp3) is 0.688. The van der Waals surface area contributed by atoms with Crippen molar-refractivity contribution >= 4 is 5.95 Å². The van der Waals surface area contributed by atoms with E-state index in [1.54, 1.807) is 0 Å². The molecule has 0 aliphatic carbocycles. The lowest BCUT2D eigenvalue weighted by Crippen LogP contribution is -2.35. The van der Waals surface area contributed by atoms with Crippen LogP contribution in [-0.2, 0) is 26.7 Å². The maximum Gasteiger partial charge on any atom is 0.227 e. The van der Waals surface area contributed by atoms with Crippen molar-refractivity contribution < 1.29 is 0 Å². The standard InChI is InChI=1S/C16H25N7/c1-13-10-14-11-22(8-9-23(14)19-13)16-18-17-15(20(16)2)12-21-6-4-3-5-7-21/h10H,3-9,11-12H2,1-2H3. The van der Waals surface area contributed by atoms with Crippen molar-refractivity contribution in [1.82, 2.24) is 29.4 Å². The van der Waals surface area contributed by atoms with Crippen LogP contribution in [0.2, 0.25) is 0 Å². The van der Waals surface area contributed by atoms with Crippen LogP contribution >= 0.6 is 0 Å². The molecule has 4 heterocycles. The zero-order valence-electron chi connectivity index (χ0n) is 14.1. The van der Waals surface area contributed by atoms with Gasteiger partial charge in [-0.05, 0) is 38.9 Å². The molecule has 2 aromatic rings. The lowest BCUT2D eigenvalue weighted by Gasteiger charge is -2.28. The second-order valence-corrected chi connectivity index (χ2v) is 6.73. The Kier molecular flexibility index (Phi) is 3.80. The molecule has 4 rings (SSSR count). The molecule has 7 nitrogen and oxygen atoms in total. The zero-order valence-corrected chi connectivity index (χ0v) is 14.1. The van der Waals surface area contributed by atoms with Gasteiger partial charge in [-0.1, -0.05) is 6.42 Å². The van der Waals surface area contributed by atoms with Crippen LogP contribution < -0.4 is 4.90 Å². The second-order valence-electron chi connectivity index (χ2n) is 6.73. The monoisotopic (exact) mass is 315 g/mol. The summed E-state index contributed by atoms with van der Waals surface area (Å²) in [5.74, 6) is 2.04. The summed E-state index contributed by atoms with van der Waals surface area (Å²) in [5.41, 5.74) is 2.35. The molecule has 2 aliphatic heterocycles. The Balaban J connectivity index is 1.49.